The molecule has 2 heterocycles. The molecule has 3 aliphatic carbocycles. The van der Waals surface area contributed by atoms with Crippen LogP contribution in [0.5, 0.6) is 0 Å². The minimum Gasteiger partial charge on any atom is -0.347 e. The maximum Gasteiger partial charge on any atom is 0.289 e. The monoisotopic (exact) mass is 695 g/mol. The van der Waals surface area contributed by atoms with Crippen molar-refractivity contribution in [2.45, 2.75) is 154 Å². The number of nitrogens with zero attached hydrogens (tertiary/aromatic N) is 3. The molecule has 3 saturated carbocycles. The van der Waals surface area contributed by atoms with Crippen molar-refractivity contribution in [3.05, 3.63) is 18.0 Å². The van der Waals surface area contributed by atoms with Gasteiger partial charge in [-0.05, 0) is 74.7 Å². The molecule has 0 radical (unpaired) electrons. The Kier molecular flexibility index (Phi) is 12.0. The van der Waals surface area contributed by atoms with Crippen LogP contribution in [0.4, 0.5) is 0 Å². The maximum atomic E-state index is 14.8. The lowest BCUT2D eigenvalue weighted by Crippen LogP contribution is -2.63. The van der Waals surface area contributed by atoms with Crippen molar-refractivity contribution < 1.29 is 28.8 Å². The number of Topliss-reactive ketones (excluding diaryl/α,β-unsaturated/α-hetero) is 1. The van der Waals surface area contributed by atoms with Gasteiger partial charge in [0.1, 0.15) is 23.8 Å². The van der Waals surface area contributed by atoms with E-state index in [0.29, 0.717) is 25.0 Å². The van der Waals surface area contributed by atoms with Crippen LogP contribution in [0.2, 0.25) is 0 Å². The number of hydrogen-bond acceptors (Lipinski definition) is 7. The van der Waals surface area contributed by atoms with Crippen LogP contribution in [0.3, 0.4) is 0 Å². The normalized spacial score (nSPS) is 24.3. The Bertz CT molecular complexity index is 1430. The second-order valence-electron chi connectivity index (χ2n) is 16.1. The number of rotatable bonds is 13. The molecule has 5 rings (SSSR count). The average Bonchev–Trinajstić information content (AvgIpc) is 3.65. The van der Waals surface area contributed by atoms with Gasteiger partial charge in [-0.15, -0.1) is 0 Å². The Labute approximate surface area is 295 Å². The number of carbonyl (C=O) groups is 6. The van der Waals surface area contributed by atoms with Gasteiger partial charge in [-0.3, -0.25) is 33.4 Å². The first-order valence-electron chi connectivity index (χ1n) is 18.9. The molecule has 5 amide bonds. The van der Waals surface area contributed by atoms with E-state index in [-0.39, 0.29) is 29.8 Å². The Morgan fingerprint density at radius 3 is 2.20 bits per heavy atom. The van der Waals surface area contributed by atoms with Gasteiger partial charge < -0.3 is 26.2 Å². The fourth-order valence-electron chi connectivity index (χ4n) is 8.19. The van der Waals surface area contributed by atoms with Gasteiger partial charge in [0, 0.05) is 25.3 Å². The molecule has 6 atom stereocenters. The van der Waals surface area contributed by atoms with Crippen LogP contribution < -0.4 is 21.3 Å². The molecule has 0 spiro atoms. The molecule has 13 heteroatoms. The fourth-order valence-corrected chi connectivity index (χ4v) is 8.19. The summed E-state index contributed by atoms with van der Waals surface area (Å²) in [5, 5.41) is 15.7. The first-order valence-corrected chi connectivity index (χ1v) is 18.9. The molecular formula is C37H57N7O6. The molecule has 0 aromatic carbocycles. The van der Waals surface area contributed by atoms with Gasteiger partial charge in [0.2, 0.25) is 23.5 Å². The van der Waals surface area contributed by atoms with E-state index in [9.17, 15) is 28.8 Å². The smallest absolute Gasteiger partial charge is 0.289 e. The molecule has 4 aliphatic rings. The summed E-state index contributed by atoms with van der Waals surface area (Å²) >= 11 is 0. The van der Waals surface area contributed by atoms with E-state index in [1.54, 1.807) is 18.0 Å². The summed E-state index contributed by atoms with van der Waals surface area (Å²) in [5.74, 6) is -2.93. The number of nitrogens with one attached hydrogen (secondary N) is 4. The van der Waals surface area contributed by atoms with Crippen molar-refractivity contribution >= 4 is 35.3 Å². The maximum absolute atomic E-state index is 14.8. The van der Waals surface area contributed by atoms with Crippen molar-refractivity contribution in [2.75, 3.05) is 0 Å². The minimum atomic E-state index is -0.983. The van der Waals surface area contributed by atoms with Gasteiger partial charge in [-0.1, -0.05) is 66.2 Å². The average molecular weight is 696 g/mol. The Balaban J connectivity index is 1.38. The van der Waals surface area contributed by atoms with Crippen LogP contribution in [0.1, 0.15) is 128 Å². The number of likely N-dealkylation sites (tertiary alicyclic amines) is 1. The molecular weight excluding hydrogens is 638 g/mol. The summed E-state index contributed by atoms with van der Waals surface area (Å²) in [5.41, 5.74) is -0.396. The Hall–Kier alpha value is -3.77. The van der Waals surface area contributed by atoms with Gasteiger partial charge in [0.05, 0.1) is 6.04 Å². The largest absolute Gasteiger partial charge is 0.347 e. The quantitative estimate of drug-likeness (QED) is 0.230. The van der Waals surface area contributed by atoms with Crippen LogP contribution in [0.15, 0.2) is 12.3 Å². The van der Waals surface area contributed by atoms with E-state index in [4.69, 9.17) is 0 Å². The number of ketones is 1. The topological polar surface area (TPSA) is 172 Å². The molecule has 4 fully saturated rings. The zero-order chi connectivity index (χ0) is 36.2. The van der Waals surface area contributed by atoms with Crippen LogP contribution in [-0.2, 0) is 31.0 Å². The molecule has 1 aliphatic heterocycles. The predicted molar refractivity (Wildman–Crippen MR) is 186 cm³/mol. The van der Waals surface area contributed by atoms with E-state index < -0.39 is 59.0 Å². The predicted octanol–water partition coefficient (Wildman–Crippen LogP) is 2.92. The van der Waals surface area contributed by atoms with Crippen molar-refractivity contribution in [1.29, 1.82) is 0 Å². The van der Waals surface area contributed by atoms with Gasteiger partial charge in [0.15, 0.2) is 0 Å². The van der Waals surface area contributed by atoms with E-state index in [1.165, 1.54) is 10.9 Å². The first kappa shape index (κ1) is 37.5. The summed E-state index contributed by atoms with van der Waals surface area (Å²) in [6.45, 7) is 7.55. The number of hydrogen-bond donors (Lipinski definition) is 4. The highest BCUT2D eigenvalue weighted by molar-refractivity contribution is 6.38. The molecule has 1 aromatic rings. The van der Waals surface area contributed by atoms with Crippen LogP contribution >= 0.6 is 0 Å². The summed E-state index contributed by atoms with van der Waals surface area (Å²) in [7, 11) is 1.67. The second-order valence-corrected chi connectivity index (χ2v) is 16.1. The van der Waals surface area contributed by atoms with Crippen LogP contribution in [0, 0.1) is 17.3 Å². The van der Waals surface area contributed by atoms with Crippen LogP contribution in [0.25, 0.3) is 0 Å². The number of aryl methyl sites for hydroxylation is 1. The third-order valence-electron chi connectivity index (χ3n) is 11.1. The van der Waals surface area contributed by atoms with Gasteiger partial charge in [0.25, 0.3) is 11.8 Å². The lowest BCUT2D eigenvalue weighted by molar-refractivity contribution is -0.147. The fraction of sp³-hybridized carbons (Fsp3) is 0.757. The first-order chi connectivity index (χ1) is 23.8. The third kappa shape index (κ3) is 8.74. The molecule has 276 valence electrons. The van der Waals surface area contributed by atoms with Crippen LogP contribution in [-0.4, -0.2) is 86.3 Å². The minimum absolute atomic E-state index is 0.0150. The summed E-state index contributed by atoms with van der Waals surface area (Å²) in [4.78, 5) is 84.0. The molecule has 1 saturated heterocycles. The van der Waals surface area contributed by atoms with Crippen molar-refractivity contribution in [3.8, 4) is 0 Å². The van der Waals surface area contributed by atoms with Crippen molar-refractivity contribution in [3.63, 3.8) is 0 Å². The molecule has 1 aromatic heterocycles. The van der Waals surface area contributed by atoms with E-state index in [0.717, 1.165) is 70.6 Å². The van der Waals surface area contributed by atoms with Gasteiger partial charge >= 0.3 is 0 Å². The molecule has 13 nitrogen and oxygen atoms in total. The van der Waals surface area contributed by atoms with E-state index in [1.807, 2.05) is 27.7 Å². The van der Waals surface area contributed by atoms with Crippen molar-refractivity contribution in [1.82, 2.24) is 35.9 Å². The summed E-state index contributed by atoms with van der Waals surface area (Å²) < 4.78 is 1.46. The lowest BCUT2D eigenvalue weighted by Gasteiger charge is -2.40. The molecule has 0 bridgehead atoms. The third-order valence-corrected chi connectivity index (χ3v) is 11.1. The van der Waals surface area contributed by atoms with E-state index >= 15 is 0 Å². The number of carbonyl (C=O) groups excluding carboxylic acids is 6. The van der Waals surface area contributed by atoms with E-state index in [2.05, 4.69) is 26.4 Å². The molecule has 50 heavy (non-hydrogen) atoms. The lowest BCUT2D eigenvalue weighted by atomic mass is 9.81. The second kappa shape index (κ2) is 16.1. The zero-order valence-electron chi connectivity index (χ0n) is 30.5. The zero-order valence-corrected chi connectivity index (χ0v) is 30.5. The molecule has 0 unspecified atom stereocenters. The highest BCUT2D eigenvalue weighted by Gasteiger charge is 2.51. The number of fused-ring (bicyclic) bond motifs is 1. The SMILES string of the molecule is CCC[C@H](NC(=O)[C@@H]1C[C@@H]2CCCC[C@@H]2N1C(=O)[C@@H](NC(=O)[C@@H](NC(=O)c1ccnn1C)C1CCCCC1)C(C)(C)C)C(=O)C(=O)NC1CC1. The highest BCUT2D eigenvalue weighted by atomic mass is 16.2. The van der Waals surface area contributed by atoms with Gasteiger partial charge in [-0.25, -0.2) is 0 Å². The van der Waals surface area contributed by atoms with Gasteiger partial charge in [-0.2, -0.15) is 5.10 Å². The molecule has 4 N–H and O–H groups in total. The Morgan fingerprint density at radius 2 is 1.58 bits per heavy atom. The number of amides is 5. The summed E-state index contributed by atoms with van der Waals surface area (Å²) in [6, 6.07) is -2.21. The standard InChI is InChI=1S/C37H57N7O6/c1-6-12-25(30(45)35(49)39-24-17-18-24)40-33(47)28-21-23-15-10-11-16-26(23)44(28)36(50)31(37(2,3)4)42-34(48)29(22-13-8-7-9-14-22)41-32(46)27-19-20-38-43(27)5/h19-20,22-26,28-29,31H,6-18,21H2,1-5H3,(H,39,49)(H,40,47)(H,41,46)(H,42,48)/t23-,25-,26-,28-,29-,31+/m0/s1. The van der Waals surface area contributed by atoms with Crippen molar-refractivity contribution in [2.24, 2.45) is 24.3 Å². The summed E-state index contributed by atoms with van der Waals surface area (Å²) in [6.07, 6.45) is 12.7. The highest BCUT2D eigenvalue weighted by Crippen LogP contribution is 2.41. The Morgan fingerprint density at radius 1 is 0.900 bits per heavy atom. The number of aromatic nitrogens is 2.